The molecular formula is C12H20N4O2. The lowest BCUT2D eigenvalue weighted by molar-refractivity contribution is -0.0109. The number of rotatable bonds is 2. The summed E-state index contributed by atoms with van der Waals surface area (Å²) in [6, 6.07) is 0. The molecule has 0 bridgehead atoms. The molecule has 1 aromatic rings. The van der Waals surface area contributed by atoms with Crippen LogP contribution >= 0.6 is 0 Å². The van der Waals surface area contributed by atoms with Crippen molar-refractivity contribution < 1.29 is 9.90 Å². The van der Waals surface area contributed by atoms with E-state index in [1.54, 1.807) is 11.8 Å². The molecule has 18 heavy (non-hydrogen) atoms. The Hall–Kier alpha value is -1.43. The van der Waals surface area contributed by atoms with E-state index >= 15 is 0 Å². The first-order chi connectivity index (χ1) is 8.39. The van der Waals surface area contributed by atoms with Gasteiger partial charge in [-0.25, -0.2) is 0 Å². The van der Waals surface area contributed by atoms with Crippen LogP contribution in [0.3, 0.4) is 0 Å². The van der Waals surface area contributed by atoms with Gasteiger partial charge in [-0.2, -0.15) is 15.4 Å². The van der Waals surface area contributed by atoms with Gasteiger partial charge in [0.25, 0.3) is 5.91 Å². The second-order valence-electron chi connectivity index (χ2n) is 5.48. The lowest BCUT2D eigenvalue weighted by atomic mass is 9.83. The minimum absolute atomic E-state index is 0.0737. The molecule has 2 N–H and O–H groups in total. The van der Waals surface area contributed by atoms with E-state index in [1.165, 1.54) is 0 Å². The number of nitrogens with zero attached hydrogens (tertiary/aromatic N) is 3. The molecule has 1 aliphatic rings. The summed E-state index contributed by atoms with van der Waals surface area (Å²) < 4.78 is 0. The Balaban J connectivity index is 1.99. The molecule has 1 amide bonds. The van der Waals surface area contributed by atoms with Crippen molar-refractivity contribution in [3.63, 3.8) is 0 Å². The first-order valence-corrected chi connectivity index (χ1v) is 6.28. The van der Waals surface area contributed by atoms with E-state index < -0.39 is 5.60 Å². The Morgan fingerprint density at radius 1 is 1.39 bits per heavy atom. The van der Waals surface area contributed by atoms with Crippen LogP contribution in [0.15, 0.2) is 0 Å². The van der Waals surface area contributed by atoms with Crippen molar-refractivity contribution in [3.8, 4) is 0 Å². The zero-order chi connectivity index (χ0) is 13.3. The molecule has 6 nitrogen and oxygen atoms in total. The summed E-state index contributed by atoms with van der Waals surface area (Å²) in [6.07, 6.45) is 1.65. The highest BCUT2D eigenvalue weighted by atomic mass is 16.3. The number of H-pyrrole nitrogens is 1. The van der Waals surface area contributed by atoms with Crippen LogP contribution in [0.4, 0.5) is 0 Å². The minimum atomic E-state index is -0.668. The van der Waals surface area contributed by atoms with Crippen molar-refractivity contribution in [2.75, 3.05) is 13.1 Å². The molecule has 1 saturated heterocycles. The van der Waals surface area contributed by atoms with Crippen LogP contribution in [-0.2, 0) is 0 Å². The zero-order valence-corrected chi connectivity index (χ0v) is 11.1. The maximum Gasteiger partial charge on any atom is 0.276 e. The average Bonchev–Trinajstić information content (AvgIpc) is 2.73. The number of aromatic amines is 1. The van der Waals surface area contributed by atoms with E-state index in [0.717, 1.165) is 12.8 Å². The summed E-state index contributed by atoms with van der Waals surface area (Å²) in [4.78, 5) is 14.0. The van der Waals surface area contributed by atoms with Crippen LogP contribution in [0.5, 0.6) is 0 Å². The number of carbonyl (C=O) groups excluding carboxylic acids is 1. The summed E-state index contributed by atoms with van der Waals surface area (Å²) in [5.41, 5.74) is 0.361. The van der Waals surface area contributed by atoms with Crippen molar-refractivity contribution in [1.29, 1.82) is 0 Å². The molecule has 0 radical (unpaired) electrons. The Morgan fingerprint density at radius 3 is 2.44 bits per heavy atom. The fourth-order valence-electron chi connectivity index (χ4n) is 2.43. The highest BCUT2D eigenvalue weighted by molar-refractivity contribution is 5.93. The molecule has 1 aromatic heterocycles. The Bertz CT molecular complexity index is 428. The third kappa shape index (κ3) is 2.53. The second kappa shape index (κ2) is 4.68. The number of amides is 1. The van der Waals surface area contributed by atoms with Gasteiger partial charge in [-0.1, -0.05) is 0 Å². The predicted molar refractivity (Wildman–Crippen MR) is 66.0 cm³/mol. The molecule has 1 fully saturated rings. The quantitative estimate of drug-likeness (QED) is 0.813. The van der Waals surface area contributed by atoms with Gasteiger partial charge >= 0.3 is 0 Å². The summed E-state index contributed by atoms with van der Waals surface area (Å²) in [5, 5.41) is 20.2. The first-order valence-electron chi connectivity index (χ1n) is 6.28. The number of carbonyl (C=O) groups is 1. The highest BCUT2D eigenvalue weighted by Gasteiger charge is 2.33. The monoisotopic (exact) mass is 252 g/mol. The molecule has 2 rings (SSSR count). The van der Waals surface area contributed by atoms with Gasteiger partial charge in [0.15, 0.2) is 5.69 Å². The molecule has 2 heterocycles. The minimum Gasteiger partial charge on any atom is -0.390 e. The summed E-state index contributed by atoms with van der Waals surface area (Å²) in [6.45, 7) is 6.76. The SMILES string of the molecule is Cc1n[nH]nc1C(=O)N1CCC(C(C)(C)O)CC1. The van der Waals surface area contributed by atoms with Crippen molar-refractivity contribution >= 4 is 5.91 Å². The van der Waals surface area contributed by atoms with Crippen LogP contribution < -0.4 is 0 Å². The molecule has 0 unspecified atom stereocenters. The van der Waals surface area contributed by atoms with Crippen molar-refractivity contribution in [2.45, 2.75) is 39.2 Å². The van der Waals surface area contributed by atoms with Crippen molar-refractivity contribution in [3.05, 3.63) is 11.4 Å². The molecule has 6 heteroatoms. The van der Waals surface area contributed by atoms with Gasteiger partial charge in [0.1, 0.15) is 0 Å². The number of hydrogen-bond acceptors (Lipinski definition) is 4. The van der Waals surface area contributed by atoms with E-state index in [2.05, 4.69) is 15.4 Å². The number of aryl methyl sites for hydroxylation is 1. The molecule has 0 atom stereocenters. The lowest BCUT2D eigenvalue weighted by Gasteiger charge is -2.37. The molecule has 0 spiro atoms. The fraction of sp³-hybridized carbons (Fsp3) is 0.750. The van der Waals surface area contributed by atoms with E-state index in [0.29, 0.717) is 24.5 Å². The van der Waals surface area contributed by atoms with Gasteiger partial charge in [0.2, 0.25) is 0 Å². The van der Waals surface area contributed by atoms with Crippen LogP contribution in [0.2, 0.25) is 0 Å². The van der Waals surface area contributed by atoms with Gasteiger partial charge in [0.05, 0.1) is 11.3 Å². The van der Waals surface area contributed by atoms with Gasteiger partial charge in [-0.15, -0.1) is 0 Å². The number of aliphatic hydroxyl groups is 1. The molecule has 1 aliphatic heterocycles. The Morgan fingerprint density at radius 2 is 2.00 bits per heavy atom. The van der Waals surface area contributed by atoms with Gasteiger partial charge in [-0.3, -0.25) is 4.79 Å². The Kier molecular flexibility index (Phi) is 3.38. The number of piperidine rings is 1. The largest absolute Gasteiger partial charge is 0.390 e. The number of aromatic nitrogens is 3. The molecule has 0 saturated carbocycles. The Labute approximate surface area is 106 Å². The van der Waals surface area contributed by atoms with Gasteiger partial charge < -0.3 is 10.0 Å². The molecule has 0 aliphatic carbocycles. The van der Waals surface area contributed by atoms with E-state index in [9.17, 15) is 9.90 Å². The first kappa shape index (κ1) is 13.0. The predicted octanol–water partition coefficient (Wildman–Crippen LogP) is 0.736. The summed E-state index contributed by atoms with van der Waals surface area (Å²) >= 11 is 0. The fourth-order valence-corrected chi connectivity index (χ4v) is 2.43. The maximum atomic E-state index is 12.2. The van der Waals surface area contributed by atoms with Crippen LogP contribution in [0.1, 0.15) is 42.9 Å². The lowest BCUT2D eigenvalue weighted by Crippen LogP contribution is -2.44. The zero-order valence-electron chi connectivity index (χ0n) is 11.1. The number of hydrogen-bond donors (Lipinski definition) is 2. The third-order valence-electron chi connectivity index (χ3n) is 3.71. The second-order valence-corrected chi connectivity index (χ2v) is 5.48. The van der Waals surface area contributed by atoms with Crippen LogP contribution in [-0.4, -0.2) is 50.0 Å². The topological polar surface area (TPSA) is 82.1 Å². The summed E-state index contributed by atoms with van der Waals surface area (Å²) in [7, 11) is 0. The average molecular weight is 252 g/mol. The van der Waals surface area contributed by atoms with Gasteiger partial charge in [-0.05, 0) is 39.5 Å². The number of likely N-dealkylation sites (tertiary alicyclic amines) is 1. The third-order valence-corrected chi connectivity index (χ3v) is 3.71. The standard InChI is InChI=1S/C12H20N4O2/c1-8-10(14-15-13-8)11(17)16-6-4-9(5-7-16)12(2,3)18/h9,18H,4-7H2,1-3H3,(H,13,14,15). The van der Waals surface area contributed by atoms with Crippen LogP contribution in [0.25, 0.3) is 0 Å². The smallest absolute Gasteiger partial charge is 0.276 e. The normalized spacial score (nSPS) is 18.1. The molecular weight excluding hydrogens is 232 g/mol. The van der Waals surface area contributed by atoms with E-state index in [4.69, 9.17) is 0 Å². The highest BCUT2D eigenvalue weighted by Crippen LogP contribution is 2.28. The van der Waals surface area contributed by atoms with E-state index in [1.807, 2.05) is 13.8 Å². The van der Waals surface area contributed by atoms with Gasteiger partial charge in [0, 0.05) is 13.1 Å². The van der Waals surface area contributed by atoms with Crippen molar-refractivity contribution in [1.82, 2.24) is 20.3 Å². The maximum absolute atomic E-state index is 12.2. The number of nitrogens with one attached hydrogen (secondary N) is 1. The molecule has 0 aromatic carbocycles. The van der Waals surface area contributed by atoms with Crippen LogP contribution in [0, 0.1) is 12.8 Å². The summed E-state index contributed by atoms with van der Waals surface area (Å²) in [5.74, 6) is 0.176. The molecule has 100 valence electrons. The van der Waals surface area contributed by atoms with E-state index in [-0.39, 0.29) is 11.8 Å². The van der Waals surface area contributed by atoms with Crippen molar-refractivity contribution in [2.24, 2.45) is 5.92 Å².